The molecule has 0 radical (unpaired) electrons. The number of benzene rings is 1. The molecular weight excluding hydrogens is 294 g/mol. The van der Waals surface area contributed by atoms with Crippen LogP contribution in [0.1, 0.15) is 6.42 Å². The van der Waals surface area contributed by atoms with Crippen molar-refractivity contribution in [2.24, 2.45) is 11.8 Å². The van der Waals surface area contributed by atoms with Crippen molar-refractivity contribution in [1.29, 1.82) is 0 Å². The summed E-state index contributed by atoms with van der Waals surface area (Å²) >= 11 is 0. The third kappa shape index (κ3) is 3.64. The van der Waals surface area contributed by atoms with Gasteiger partial charge in [0.25, 0.3) is 0 Å². The molecule has 3 rings (SSSR count). The summed E-state index contributed by atoms with van der Waals surface area (Å²) in [5.74, 6) is 0.399. The maximum absolute atomic E-state index is 12.4. The van der Waals surface area contributed by atoms with Gasteiger partial charge < -0.3 is 19.9 Å². The molecule has 1 saturated carbocycles. The molecule has 2 fully saturated rings. The molecule has 1 aromatic rings. The summed E-state index contributed by atoms with van der Waals surface area (Å²) in [5, 5.41) is 2.88. The largest absolute Gasteiger partial charge is 0.497 e. The highest BCUT2D eigenvalue weighted by atomic mass is 16.5. The Morgan fingerprint density at radius 2 is 1.91 bits per heavy atom. The van der Waals surface area contributed by atoms with Crippen molar-refractivity contribution in [1.82, 2.24) is 9.80 Å². The fourth-order valence-electron chi connectivity index (χ4n) is 2.95. The molecule has 2 atom stereocenters. The minimum atomic E-state index is -0.201. The summed E-state index contributed by atoms with van der Waals surface area (Å²) < 4.78 is 5.14. The van der Waals surface area contributed by atoms with Gasteiger partial charge in [-0.2, -0.15) is 0 Å². The van der Waals surface area contributed by atoms with E-state index in [4.69, 9.17) is 4.74 Å². The van der Waals surface area contributed by atoms with Crippen LogP contribution in [0.15, 0.2) is 24.3 Å². The van der Waals surface area contributed by atoms with Crippen molar-refractivity contribution in [3.63, 3.8) is 0 Å². The van der Waals surface area contributed by atoms with Gasteiger partial charge in [-0.1, -0.05) is 6.07 Å². The molecule has 1 aromatic carbocycles. The maximum atomic E-state index is 12.4. The van der Waals surface area contributed by atoms with E-state index in [0.29, 0.717) is 17.9 Å². The number of anilines is 1. The van der Waals surface area contributed by atoms with Gasteiger partial charge in [0.15, 0.2) is 0 Å². The van der Waals surface area contributed by atoms with Gasteiger partial charge in [0.1, 0.15) is 5.75 Å². The lowest BCUT2D eigenvalue weighted by Gasteiger charge is -2.32. The average Bonchev–Trinajstić information content (AvgIpc) is 3.36. The number of nitrogens with zero attached hydrogens (tertiary/aromatic N) is 2. The molecule has 6 heteroatoms. The third-order valence-corrected chi connectivity index (χ3v) is 4.60. The Balaban J connectivity index is 1.53. The first kappa shape index (κ1) is 15.8. The number of ether oxygens (including phenoxy) is 1. The Bertz CT molecular complexity index is 597. The minimum Gasteiger partial charge on any atom is -0.497 e. The number of likely N-dealkylation sites (N-methyl/N-ethyl adjacent to an activating group) is 1. The second-order valence-electron chi connectivity index (χ2n) is 6.30. The summed E-state index contributed by atoms with van der Waals surface area (Å²) in [4.78, 5) is 28.8. The fraction of sp³-hybridized carbons (Fsp3) is 0.529. The standard InChI is InChI=1S/C17H23N3O3/c1-19-6-8-20(9-7-19)17(22)15-11-14(15)16(21)18-12-4-3-5-13(10-12)23-2/h3-5,10,14-15H,6-9,11H2,1-2H3,(H,18,21). The van der Waals surface area contributed by atoms with E-state index in [9.17, 15) is 9.59 Å². The van der Waals surface area contributed by atoms with Crippen molar-refractivity contribution >= 4 is 17.5 Å². The van der Waals surface area contributed by atoms with E-state index in [-0.39, 0.29) is 23.7 Å². The van der Waals surface area contributed by atoms with Gasteiger partial charge >= 0.3 is 0 Å². The molecule has 2 aliphatic rings. The number of methoxy groups -OCH3 is 1. The lowest BCUT2D eigenvalue weighted by molar-refractivity contribution is -0.135. The number of carbonyl (C=O) groups is 2. The van der Waals surface area contributed by atoms with Crippen LogP contribution in [0.2, 0.25) is 0 Å². The Hall–Kier alpha value is -2.08. The zero-order valence-corrected chi connectivity index (χ0v) is 13.6. The van der Waals surface area contributed by atoms with E-state index in [1.807, 2.05) is 23.1 Å². The normalized spacial score (nSPS) is 24.2. The van der Waals surface area contributed by atoms with Crippen LogP contribution in [0.25, 0.3) is 0 Å². The number of rotatable bonds is 4. The predicted molar refractivity (Wildman–Crippen MR) is 87.3 cm³/mol. The van der Waals surface area contributed by atoms with Crippen LogP contribution >= 0.6 is 0 Å². The number of hydrogen-bond donors (Lipinski definition) is 1. The Morgan fingerprint density at radius 3 is 2.61 bits per heavy atom. The van der Waals surface area contributed by atoms with Crippen LogP contribution in [0.5, 0.6) is 5.75 Å². The van der Waals surface area contributed by atoms with Crippen molar-refractivity contribution in [3.05, 3.63) is 24.3 Å². The molecule has 1 aliphatic heterocycles. The first-order chi connectivity index (χ1) is 11.1. The summed E-state index contributed by atoms with van der Waals surface area (Å²) in [6.45, 7) is 3.32. The van der Waals surface area contributed by atoms with Gasteiger partial charge in [-0.25, -0.2) is 0 Å². The van der Waals surface area contributed by atoms with Crippen molar-refractivity contribution < 1.29 is 14.3 Å². The lowest BCUT2D eigenvalue weighted by atomic mass is 10.2. The van der Waals surface area contributed by atoms with Crippen molar-refractivity contribution in [2.45, 2.75) is 6.42 Å². The van der Waals surface area contributed by atoms with Crippen LogP contribution in [0.3, 0.4) is 0 Å². The van der Waals surface area contributed by atoms with Crippen molar-refractivity contribution in [2.75, 3.05) is 45.7 Å². The molecule has 1 aliphatic carbocycles. The molecule has 0 spiro atoms. The number of hydrogen-bond acceptors (Lipinski definition) is 4. The lowest BCUT2D eigenvalue weighted by Crippen LogP contribution is -2.48. The summed E-state index contributed by atoms with van der Waals surface area (Å²) in [7, 11) is 3.65. The Kier molecular flexibility index (Phi) is 4.52. The highest BCUT2D eigenvalue weighted by Crippen LogP contribution is 2.41. The van der Waals surface area contributed by atoms with Crippen LogP contribution in [0, 0.1) is 11.8 Å². The SMILES string of the molecule is COc1cccc(NC(=O)C2CC2C(=O)N2CCN(C)CC2)c1. The van der Waals surface area contributed by atoms with Crippen LogP contribution in [-0.2, 0) is 9.59 Å². The van der Waals surface area contributed by atoms with Gasteiger partial charge in [0, 0.05) is 37.9 Å². The topological polar surface area (TPSA) is 61.9 Å². The number of nitrogens with one attached hydrogen (secondary N) is 1. The minimum absolute atomic E-state index is 0.0780. The number of carbonyl (C=O) groups excluding carboxylic acids is 2. The maximum Gasteiger partial charge on any atom is 0.228 e. The monoisotopic (exact) mass is 317 g/mol. The molecule has 0 aromatic heterocycles. The molecule has 1 saturated heterocycles. The third-order valence-electron chi connectivity index (χ3n) is 4.60. The number of amides is 2. The Labute approximate surface area is 136 Å². The van der Waals surface area contributed by atoms with E-state index in [0.717, 1.165) is 26.2 Å². The summed E-state index contributed by atoms with van der Waals surface area (Å²) in [6.07, 6.45) is 0.654. The van der Waals surface area contributed by atoms with Crippen LogP contribution < -0.4 is 10.1 Å². The van der Waals surface area contributed by atoms with Gasteiger partial charge in [-0.05, 0) is 25.6 Å². The summed E-state index contributed by atoms with van der Waals surface area (Å²) in [6, 6.07) is 7.25. The second-order valence-corrected chi connectivity index (χ2v) is 6.30. The first-order valence-corrected chi connectivity index (χ1v) is 8.00. The van der Waals surface area contributed by atoms with E-state index in [1.165, 1.54) is 0 Å². The molecular formula is C17H23N3O3. The smallest absolute Gasteiger partial charge is 0.228 e. The van der Waals surface area contributed by atoms with E-state index >= 15 is 0 Å². The number of piperazine rings is 1. The van der Waals surface area contributed by atoms with E-state index in [2.05, 4.69) is 17.3 Å². The molecule has 2 unspecified atom stereocenters. The molecule has 1 heterocycles. The zero-order chi connectivity index (χ0) is 16.4. The molecule has 124 valence electrons. The summed E-state index contributed by atoms with van der Waals surface area (Å²) in [5.41, 5.74) is 0.701. The molecule has 1 N–H and O–H groups in total. The van der Waals surface area contributed by atoms with E-state index in [1.54, 1.807) is 13.2 Å². The van der Waals surface area contributed by atoms with Crippen LogP contribution in [0.4, 0.5) is 5.69 Å². The van der Waals surface area contributed by atoms with Crippen LogP contribution in [-0.4, -0.2) is 62.0 Å². The van der Waals surface area contributed by atoms with Gasteiger partial charge in [-0.15, -0.1) is 0 Å². The molecule has 2 amide bonds. The quantitative estimate of drug-likeness (QED) is 0.901. The fourth-order valence-corrected chi connectivity index (χ4v) is 2.95. The van der Waals surface area contributed by atoms with Crippen molar-refractivity contribution in [3.8, 4) is 5.75 Å². The molecule has 0 bridgehead atoms. The second kappa shape index (κ2) is 6.58. The van der Waals surface area contributed by atoms with Gasteiger partial charge in [0.2, 0.25) is 11.8 Å². The molecule has 23 heavy (non-hydrogen) atoms. The predicted octanol–water partition coefficient (Wildman–Crippen LogP) is 1.04. The highest BCUT2D eigenvalue weighted by Gasteiger charge is 2.49. The van der Waals surface area contributed by atoms with Gasteiger partial charge in [-0.3, -0.25) is 9.59 Å². The highest BCUT2D eigenvalue weighted by molar-refractivity contribution is 5.99. The van der Waals surface area contributed by atoms with Gasteiger partial charge in [0.05, 0.1) is 18.9 Å². The zero-order valence-electron chi connectivity index (χ0n) is 13.6. The average molecular weight is 317 g/mol. The first-order valence-electron chi connectivity index (χ1n) is 8.00. The van der Waals surface area contributed by atoms with E-state index < -0.39 is 0 Å². The molecule has 6 nitrogen and oxygen atoms in total. The Morgan fingerprint density at radius 1 is 1.17 bits per heavy atom.